The monoisotopic (exact) mass is 264 g/mol. The first-order valence-corrected chi connectivity index (χ1v) is 7.78. The molecular weight excluding hydrogens is 240 g/mol. The fraction of sp³-hybridized carbons (Fsp3) is 0.625. The van der Waals surface area contributed by atoms with Crippen molar-refractivity contribution in [1.29, 1.82) is 0 Å². The zero-order chi connectivity index (χ0) is 13.2. The SMILES string of the molecule is CC(C)(C)c1ccc(SC2CCC(O)CC2)cc1. The Balaban J connectivity index is 1.94. The van der Waals surface area contributed by atoms with Crippen molar-refractivity contribution in [2.75, 3.05) is 0 Å². The Morgan fingerprint density at radius 2 is 1.56 bits per heavy atom. The van der Waals surface area contributed by atoms with E-state index in [9.17, 15) is 5.11 Å². The van der Waals surface area contributed by atoms with Crippen molar-refractivity contribution in [2.24, 2.45) is 0 Å². The molecule has 2 heteroatoms. The van der Waals surface area contributed by atoms with Gasteiger partial charge in [0.25, 0.3) is 0 Å². The summed E-state index contributed by atoms with van der Waals surface area (Å²) in [6.45, 7) is 6.74. The summed E-state index contributed by atoms with van der Waals surface area (Å²) in [6.07, 6.45) is 4.18. The molecule has 0 aromatic heterocycles. The minimum absolute atomic E-state index is 0.0508. The van der Waals surface area contributed by atoms with Crippen molar-refractivity contribution in [3.63, 3.8) is 0 Å². The summed E-state index contributed by atoms with van der Waals surface area (Å²) in [5, 5.41) is 10.2. The lowest BCUT2D eigenvalue weighted by Crippen LogP contribution is -2.19. The summed E-state index contributed by atoms with van der Waals surface area (Å²) in [5.41, 5.74) is 1.63. The van der Waals surface area contributed by atoms with Crippen LogP contribution in [0.3, 0.4) is 0 Å². The Labute approximate surface area is 115 Å². The van der Waals surface area contributed by atoms with Crippen molar-refractivity contribution in [3.05, 3.63) is 29.8 Å². The van der Waals surface area contributed by atoms with Crippen LogP contribution in [0.1, 0.15) is 52.0 Å². The molecule has 0 atom stereocenters. The zero-order valence-corrected chi connectivity index (χ0v) is 12.5. The maximum Gasteiger partial charge on any atom is 0.0541 e. The first-order valence-electron chi connectivity index (χ1n) is 6.90. The van der Waals surface area contributed by atoms with Gasteiger partial charge < -0.3 is 5.11 Å². The molecule has 1 aliphatic rings. The van der Waals surface area contributed by atoms with E-state index >= 15 is 0 Å². The molecule has 0 amide bonds. The minimum atomic E-state index is -0.0508. The molecule has 1 saturated carbocycles. The Morgan fingerprint density at radius 1 is 1.00 bits per heavy atom. The van der Waals surface area contributed by atoms with Crippen LogP contribution in [0.15, 0.2) is 29.2 Å². The Hall–Kier alpha value is -0.470. The predicted octanol–water partition coefficient (Wildman–Crippen LogP) is 4.38. The van der Waals surface area contributed by atoms with Gasteiger partial charge >= 0.3 is 0 Å². The molecule has 0 heterocycles. The third-order valence-corrected chi connectivity index (χ3v) is 5.02. The maximum atomic E-state index is 9.51. The number of hydrogen-bond acceptors (Lipinski definition) is 2. The molecule has 1 N–H and O–H groups in total. The third-order valence-electron chi connectivity index (χ3n) is 3.67. The number of rotatable bonds is 2. The molecule has 0 radical (unpaired) electrons. The van der Waals surface area contributed by atoms with E-state index < -0.39 is 0 Å². The second-order valence-corrected chi connectivity index (χ2v) is 7.70. The van der Waals surface area contributed by atoms with Crippen LogP contribution in [0.5, 0.6) is 0 Å². The van der Waals surface area contributed by atoms with Crippen molar-refractivity contribution >= 4 is 11.8 Å². The van der Waals surface area contributed by atoms with Gasteiger partial charge in [0.05, 0.1) is 6.10 Å². The highest BCUT2D eigenvalue weighted by Crippen LogP contribution is 2.34. The topological polar surface area (TPSA) is 20.2 Å². The van der Waals surface area contributed by atoms with E-state index in [2.05, 4.69) is 45.0 Å². The quantitative estimate of drug-likeness (QED) is 0.855. The number of hydrogen-bond donors (Lipinski definition) is 1. The largest absolute Gasteiger partial charge is 0.393 e. The number of aliphatic hydroxyl groups is 1. The summed E-state index contributed by atoms with van der Waals surface area (Å²) in [5.74, 6) is 0. The summed E-state index contributed by atoms with van der Waals surface area (Å²) in [7, 11) is 0. The van der Waals surface area contributed by atoms with Gasteiger partial charge in [-0.15, -0.1) is 11.8 Å². The summed E-state index contributed by atoms with van der Waals surface area (Å²) in [6, 6.07) is 8.99. The van der Waals surface area contributed by atoms with E-state index in [1.54, 1.807) is 0 Å². The fourth-order valence-electron chi connectivity index (χ4n) is 2.39. The van der Waals surface area contributed by atoms with Crippen LogP contribution < -0.4 is 0 Å². The summed E-state index contributed by atoms with van der Waals surface area (Å²) < 4.78 is 0. The minimum Gasteiger partial charge on any atom is -0.393 e. The van der Waals surface area contributed by atoms with Crippen LogP contribution in [-0.2, 0) is 5.41 Å². The number of benzene rings is 1. The third kappa shape index (κ3) is 3.76. The van der Waals surface area contributed by atoms with Gasteiger partial charge in [-0.1, -0.05) is 32.9 Å². The van der Waals surface area contributed by atoms with Gasteiger partial charge in [-0.05, 0) is 48.8 Å². The van der Waals surface area contributed by atoms with Crippen molar-refractivity contribution in [3.8, 4) is 0 Å². The fourth-order valence-corrected chi connectivity index (χ4v) is 3.58. The van der Waals surface area contributed by atoms with Gasteiger partial charge in [-0.2, -0.15) is 0 Å². The van der Waals surface area contributed by atoms with Crippen molar-refractivity contribution in [1.82, 2.24) is 0 Å². The second kappa shape index (κ2) is 5.66. The normalized spacial score (nSPS) is 25.1. The highest BCUT2D eigenvalue weighted by molar-refractivity contribution is 8.00. The van der Waals surface area contributed by atoms with Gasteiger partial charge in [0.1, 0.15) is 0 Å². The van der Waals surface area contributed by atoms with Gasteiger partial charge in [0, 0.05) is 10.1 Å². The second-order valence-electron chi connectivity index (χ2n) is 6.32. The lowest BCUT2D eigenvalue weighted by atomic mass is 9.87. The molecule has 2 rings (SSSR count). The van der Waals surface area contributed by atoms with Gasteiger partial charge in [0.15, 0.2) is 0 Å². The van der Waals surface area contributed by atoms with Crippen LogP contribution in [0.4, 0.5) is 0 Å². The molecule has 1 aromatic carbocycles. The Kier molecular flexibility index (Phi) is 4.39. The molecule has 0 saturated heterocycles. The van der Waals surface area contributed by atoms with Crippen molar-refractivity contribution in [2.45, 2.75) is 68.1 Å². The van der Waals surface area contributed by atoms with E-state index in [0.717, 1.165) is 25.7 Å². The highest BCUT2D eigenvalue weighted by atomic mass is 32.2. The molecule has 1 fully saturated rings. The van der Waals surface area contributed by atoms with E-state index in [1.165, 1.54) is 10.5 Å². The molecular formula is C16H24OS. The molecule has 1 nitrogen and oxygen atoms in total. The van der Waals surface area contributed by atoms with Crippen LogP contribution in [0.2, 0.25) is 0 Å². The summed E-state index contributed by atoms with van der Waals surface area (Å²) in [4.78, 5) is 1.37. The average Bonchev–Trinajstić information content (AvgIpc) is 2.32. The molecule has 0 aliphatic heterocycles. The molecule has 0 bridgehead atoms. The highest BCUT2D eigenvalue weighted by Gasteiger charge is 2.20. The number of aliphatic hydroxyl groups excluding tert-OH is 1. The molecule has 1 aromatic rings. The van der Waals surface area contributed by atoms with Gasteiger partial charge in [0.2, 0.25) is 0 Å². The average molecular weight is 264 g/mol. The van der Waals surface area contributed by atoms with Crippen LogP contribution >= 0.6 is 11.8 Å². The first-order chi connectivity index (χ1) is 8.45. The maximum absolute atomic E-state index is 9.51. The molecule has 100 valence electrons. The van der Waals surface area contributed by atoms with Crippen LogP contribution in [0, 0.1) is 0 Å². The molecule has 0 spiro atoms. The molecule has 1 aliphatic carbocycles. The van der Waals surface area contributed by atoms with E-state index in [-0.39, 0.29) is 11.5 Å². The lowest BCUT2D eigenvalue weighted by Gasteiger charge is -2.25. The standard InChI is InChI=1S/C16H24OS/c1-16(2,3)12-4-8-14(9-5-12)18-15-10-6-13(17)7-11-15/h4-5,8-9,13,15,17H,6-7,10-11H2,1-3H3. The van der Waals surface area contributed by atoms with Gasteiger partial charge in [-0.25, -0.2) is 0 Å². The number of thioether (sulfide) groups is 1. The van der Waals surface area contributed by atoms with Crippen molar-refractivity contribution < 1.29 is 5.11 Å². The molecule has 18 heavy (non-hydrogen) atoms. The van der Waals surface area contributed by atoms with E-state index in [4.69, 9.17) is 0 Å². The Bertz CT molecular complexity index is 369. The van der Waals surface area contributed by atoms with Crippen LogP contribution in [-0.4, -0.2) is 16.5 Å². The predicted molar refractivity (Wildman–Crippen MR) is 79.3 cm³/mol. The first kappa shape index (κ1) is 14.0. The summed E-state index contributed by atoms with van der Waals surface area (Å²) >= 11 is 1.97. The Morgan fingerprint density at radius 3 is 2.06 bits per heavy atom. The zero-order valence-electron chi connectivity index (χ0n) is 11.6. The molecule has 0 unspecified atom stereocenters. The van der Waals surface area contributed by atoms with E-state index in [1.807, 2.05) is 11.8 Å². The lowest BCUT2D eigenvalue weighted by molar-refractivity contribution is 0.132. The van der Waals surface area contributed by atoms with Gasteiger partial charge in [-0.3, -0.25) is 0 Å². The smallest absolute Gasteiger partial charge is 0.0541 e. The van der Waals surface area contributed by atoms with Crippen LogP contribution in [0.25, 0.3) is 0 Å². The van der Waals surface area contributed by atoms with E-state index in [0.29, 0.717) is 5.25 Å².